The van der Waals surface area contributed by atoms with Crippen LogP contribution in [-0.2, 0) is 7.05 Å². The Labute approximate surface area is 158 Å². The predicted octanol–water partition coefficient (Wildman–Crippen LogP) is 3.15. The molecule has 8 heteroatoms. The molecule has 1 amide bonds. The zero-order chi connectivity index (χ0) is 19.9. The van der Waals surface area contributed by atoms with Gasteiger partial charge in [-0.3, -0.25) is 9.59 Å². The average Bonchev–Trinajstić information content (AvgIpc) is 2.65. The number of aryl methyl sites for hydroxylation is 1. The Morgan fingerprint density at radius 1 is 1.22 bits per heavy atom. The van der Waals surface area contributed by atoms with Crippen molar-refractivity contribution in [2.24, 2.45) is 7.05 Å². The smallest absolute Gasteiger partial charge is 0.267 e. The Balaban J connectivity index is 2.22. The number of benzene rings is 2. The summed E-state index contributed by atoms with van der Waals surface area (Å²) in [5.41, 5.74) is -0.462. The zero-order valence-corrected chi connectivity index (χ0v) is 15.2. The third-order valence-corrected chi connectivity index (χ3v) is 4.59. The summed E-state index contributed by atoms with van der Waals surface area (Å²) in [5, 5.41) is 12.2. The molecule has 0 aliphatic carbocycles. The largest absolute Gasteiger partial charge is 0.506 e. The number of pyridine rings is 1. The molecule has 0 aliphatic heterocycles. The maximum atomic E-state index is 14.0. The number of rotatable bonds is 3. The highest BCUT2D eigenvalue weighted by atomic mass is 32.1. The van der Waals surface area contributed by atoms with Crippen molar-refractivity contribution in [3.8, 4) is 5.75 Å². The number of thiocarbonyl (C=S) groups is 1. The summed E-state index contributed by atoms with van der Waals surface area (Å²) in [5.74, 6) is -3.21. The standard InChI is InChI=1S/C19H14F2N2O3S/c1-22-14-5-3-10(9-27)7-12(14)17(24)16(18(22)25)19(26)23(2)15-6-4-11(20)8-13(15)21/h3-9,24H,1-2H3. The van der Waals surface area contributed by atoms with Crippen LogP contribution in [0.5, 0.6) is 5.75 Å². The van der Waals surface area contributed by atoms with Crippen molar-refractivity contribution in [3.05, 3.63) is 69.5 Å². The van der Waals surface area contributed by atoms with Gasteiger partial charge in [0.2, 0.25) is 0 Å². The Bertz CT molecular complexity index is 1160. The highest BCUT2D eigenvalue weighted by Gasteiger charge is 2.26. The number of aromatic hydroxyl groups is 1. The maximum absolute atomic E-state index is 14.0. The molecule has 0 saturated heterocycles. The number of carbonyl (C=O) groups excluding carboxylic acids is 1. The number of carbonyl (C=O) groups is 1. The molecule has 0 bridgehead atoms. The van der Waals surface area contributed by atoms with Crippen molar-refractivity contribution in [1.29, 1.82) is 0 Å². The summed E-state index contributed by atoms with van der Waals surface area (Å²) >= 11 is 4.88. The van der Waals surface area contributed by atoms with Crippen LogP contribution in [0.15, 0.2) is 41.2 Å². The van der Waals surface area contributed by atoms with Gasteiger partial charge in [-0.25, -0.2) is 8.78 Å². The molecule has 0 radical (unpaired) electrons. The molecule has 27 heavy (non-hydrogen) atoms. The van der Waals surface area contributed by atoms with Crippen molar-refractivity contribution >= 4 is 40.1 Å². The van der Waals surface area contributed by atoms with Crippen LogP contribution >= 0.6 is 12.2 Å². The lowest BCUT2D eigenvalue weighted by Gasteiger charge is -2.19. The monoisotopic (exact) mass is 388 g/mol. The highest BCUT2D eigenvalue weighted by molar-refractivity contribution is 7.79. The van der Waals surface area contributed by atoms with E-state index >= 15 is 0 Å². The third-order valence-electron chi connectivity index (χ3n) is 4.32. The van der Waals surface area contributed by atoms with E-state index in [0.717, 1.165) is 17.0 Å². The Kier molecular flexibility index (Phi) is 4.75. The predicted molar refractivity (Wildman–Crippen MR) is 103 cm³/mol. The summed E-state index contributed by atoms with van der Waals surface area (Å²) in [6.45, 7) is 0. The van der Waals surface area contributed by atoms with E-state index < -0.39 is 34.4 Å². The molecule has 0 saturated carbocycles. The van der Waals surface area contributed by atoms with Gasteiger partial charge in [-0.1, -0.05) is 18.3 Å². The minimum absolute atomic E-state index is 0.226. The molecule has 138 valence electrons. The Morgan fingerprint density at radius 2 is 1.93 bits per heavy atom. The first-order valence-corrected chi connectivity index (χ1v) is 8.27. The fourth-order valence-corrected chi connectivity index (χ4v) is 2.99. The first kappa shape index (κ1) is 18.7. The SMILES string of the molecule is CN(C(=O)c1c(O)c2cc(C=S)ccc2n(C)c1=O)c1ccc(F)cc1F. The number of aromatic nitrogens is 1. The number of fused-ring (bicyclic) bond motifs is 1. The number of anilines is 1. The molecule has 3 rings (SSSR count). The van der Waals surface area contributed by atoms with Crippen LogP contribution in [0.1, 0.15) is 15.9 Å². The number of nitrogens with zero attached hydrogens (tertiary/aromatic N) is 2. The van der Waals surface area contributed by atoms with Gasteiger partial charge in [-0.05, 0) is 29.8 Å². The van der Waals surface area contributed by atoms with E-state index in [4.69, 9.17) is 12.2 Å². The van der Waals surface area contributed by atoms with E-state index in [1.807, 2.05) is 0 Å². The molecule has 5 nitrogen and oxygen atoms in total. The summed E-state index contributed by atoms with van der Waals surface area (Å²) in [7, 11) is 2.69. The van der Waals surface area contributed by atoms with Crippen molar-refractivity contribution in [2.45, 2.75) is 0 Å². The minimum Gasteiger partial charge on any atom is -0.506 e. The summed E-state index contributed by atoms with van der Waals surface area (Å²) < 4.78 is 28.3. The first-order chi connectivity index (χ1) is 12.8. The van der Waals surface area contributed by atoms with Crippen LogP contribution < -0.4 is 10.5 Å². The van der Waals surface area contributed by atoms with Gasteiger partial charge in [-0.15, -0.1) is 0 Å². The van der Waals surface area contributed by atoms with E-state index in [2.05, 4.69) is 0 Å². The number of hydrogen-bond acceptors (Lipinski definition) is 4. The molecule has 1 aromatic heterocycles. The highest BCUT2D eigenvalue weighted by Crippen LogP contribution is 2.29. The van der Waals surface area contributed by atoms with Crippen molar-refractivity contribution in [2.75, 3.05) is 11.9 Å². The van der Waals surface area contributed by atoms with E-state index in [1.165, 1.54) is 24.0 Å². The van der Waals surface area contributed by atoms with Gasteiger partial charge in [-0.2, -0.15) is 0 Å². The van der Waals surface area contributed by atoms with E-state index in [1.54, 1.807) is 18.2 Å². The molecule has 1 heterocycles. The van der Waals surface area contributed by atoms with Gasteiger partial charge in [0.1, 0.15) is 22.9 Å². The quantitative estimate of drug-likeness (QED) is 0.701. The van der Waals surface area contributed by atoms with Crippen LogP contribution in [0.3, 0.4) is 0 Å². The lowest BCUT2D eigenvalue weighted by molar-refractivity contribution is 0.0988. The topological polar surface area (TPSA) is 62.5 Å². The lowest BCUT2D eigenvalue weighted by Crippen LogP contribution is -2.34. The molecule has 2 aromatic carbocycles. The van der Waals surface area contributed by atoms with Gasteiger partial charge >= 0.3 is 0 Å². The second-order valence-corrected chi connectivity index (χ2v) is 6.18. The van der Waals surface area contributed by atoms with Gasteiger partial charge in [0, 0.05) is 30.9 Å². The molecule has 1 N–H and O–H groups in total. The van der Waals surface area contributed by atoms with E-state index in [-0.39, 0.29) is 11.1 Å². The van der Waals surface area contributed by atoms with Crippen LogP contribution in [-0.4, -0.2) is 28.0 Å². The Hall–Kier alpha value is -3.13. The normalized spacial score (nSPS) is 10.8. The van der Waals surface area contributed by atoms with Gasteiger partial charge in [0.15, 0.2) is 0 Å². The van der Waals surface area contributed by atoms with Crippen LogP contribution in [0.25, 0.3) is 10.9 Å². The second-order valence-electron chi connectivity index (χ2n) is 5.94. The van der Waals surface area contributed by atoms with Crippen molar-refractivity contribution in [3.63, 3.8) is 0 Å². The fraction of sp³-hybridized carbons (Fsp3) is 0.105. The fourth-order valence-electron chi connectivity index (χ4n) is 2.85. The Morgan fingerprint density at radius 3 is 2.56 bits per heavy atom. The molecular weight excluding hydrogens is 374 g/mol. The van der Waals surface area contributed by atoms with Gasteiger partial charge in [0.05, 0.1) is 11.2 Å². The maximum Gasteiger partial charge on any atom is 0.267 e. The van der Waals surface area contributed by atoms with Crippen molar-refractivity contribution < 1.29 is 18.7 Å². The molecule has 3 aromatic rings. The molecule has 0 atom stereocenters. The third kappa shape index (κ3) is 3.08. The second kappa shape index (κ2) is 6.88. The van der Waals surface area contributed by atoms with Crippen LogP contribution in [0.4, 0.5) is 14.5 Å². The first-order valence-electron chi connectivity index (χ1n) is 7.80. The molecule has 0 aliphatic rings. The zero-order valence-electron chi connectivity index (χ0n) is 14.4. The number of hydrogen-bond donors (Lipinski definition) is 1. The summed E-state index contributed by atoms with van der Waals surface area (Å²) in [4.78, 5) is 26.3. The summed E-state index contributed by atoms with van der Waals surface area (Å²) in [6.07, 6.45) is 0. The molecule has 0 fully saturated rings. The average molecular weight is 388 g/mol. The van der Waals surface area contributed by atoms with E-state index in [9.17, 15) is 23.5 Å². The summed E-state index contributed by atoms with van der Waals surface area (Å²) in [6, 6.07) is 7.53. The lowest BCUT2D eigenvalue weighted by atomic mass is 10.1. The van der Waals surface area contributed by atoms with E-state index in [0.29, 0.717) is 17.1 Å². The van der Waals surface area contributed by atoms with Crippen LogP contribution in [0, 0.1) is 11.6 Å². The molecule has 0 unspecified atom stereocenters. The number of amides is 1. The number of halogens is 2. The van der Waals surface area contributed by atoms with Crippen molar-refractivity contribution in [1.82, 2.24) is 4.57 Å². The van der Waals surface area contributed by atoms with Gasteiger partial charge < -0.3 is 14.6 Å². The van der Waals surface area contributed by atoms with Crippen LogP contribution in [0.2, 0.25) is 0 Å². The molecular formula is C19H14F2N2O3S. The van der Waals surface area contributed by atoms with Gasteiger partial charge in [0.25, 0.3) is 11.5 Å². The molecule has 0 spiro atoms. The minimum atomic E-state index is -0.967.